The fourth-order valence-corrected chi connectivity index (χ4v) is 2.79. The number of rotatable bonds is 13. The Hall–Kier alpha value is -1.73. The molecule has 0 bridgehead atoms. The van der Waals surface area contributed by atoms with Crippen LogP contribution in [0.4, 0.5) is 0 Å². The summed E-state index contributed by atoms with van der Waals surface area (Å²) in [7, 11) is 0. The van der Waals surface area contributed by atoms with Crippen LogP contribution < -0.4 is 0 Å². The lowest BCUT2D eigenvalue weighted by molar-refractivity contribution is -0.136. The summed E-state index contributed by atoms with van der Waals surface area (Å²) in [4.78, 5) is 10.4. The van der Waals surface area contributed by atoms with Crippen molar-refractivity contribution in [2.24, 2.45) is 0 Å². The lowest BCUT2D eigenvalue weighted by Gasteiger charge is -2.16. The third-order valence-electron chi connectivity index (χ3n) is 4.52. The summed E-state index contributed by atoms with van der Waals surface area (Å²) in [6.45, 7) is 1.86. The highest BCUT2D eigenvalue weighted by Crippen LogP contribution is 2.26. The molecule has 0 aromatic rings. The van der Waals surface area contributed by atoms with Gasteiger partial charge in [0.15, 0.2) is 0 Å². The first-order chi connectivity index (χ1) is 13.4. The zero-order valence-corrected chi connectivity index (χ0v) is 16.6. The molecule has 158 valence electrons. The highest BCUT2D eigenvalue weighted by molar-refractivity contribution is 5.66. The number of aliphatic hydroxyl groups excluding tert-OH is 3. The standard InChI is InChI=1S/C22H34O6/c1-2-17(23)14-15-18(24)21-16-19(25)20(28-21)12-10-8-6-4-3-5-7-9-11-13-22(26)27/h3-4,7-10,14-15,17-21,23-25H,2,5-6,11-13,16H2,1H3,(H,26,27)/b4-3-,9-7-,10-8-,15-14+/t17-,18+,19+,20+,21+/m0/s1. The van der Waals surface area contributed by atoms with Crippen molar-refractivity contribution in [3.8, 4) is 0 Å². The number of allylic oxidation sites excluding steroid dienone is 5. The van der Waals surface area contributed by atoms with E-state index in [9.17, 15) is 20.1 Å². The van der Waals surface area contributed by atoms with Crippen molar-refractivity contribution in [3.05, 3.63) is 48.6 Å². The molecule has 0 amide bonds. The summed E-state index contributed by atoms with van der Waals surface area (Å²) in [5.74, 6) is -0.783. The molecule has 1 aliphatic rings. The number of ether oxygens (including phenoxy) is 1. The van der Waals surface area contributed by atoms with E-state index in [0.29, 0.717) is 25.7 Å². The van der Waals surface area contributed by atoms with Gasteiger partial charge in [-0.25, -0.2) is 0 Å². The highest BCUT2D eigenvalue weighted by atomic mass is 16.5. The zero-order chi connectivity index (χ0) is 20.8. The molecular weight excluding hydrogens is 360 g/mol. The van der Waals surface area contributed by atoms with Gasteiger partial charge >= 0.3 is 5.97 Å². The summed E-state index contributed by atoms with van der Waals surface area (Å²) >= 11 is 0. The van der Waals surface area contributed by atoms with E-state index in [-0.39, 0.29) is 12.5 Å². The molecule has 0 saturated carbocycles. The smallest absolute Gasteiger partial charge is 0.303 e. The Morgan fingerprint density at radius 1 is 1.07 bits per heavy atom. The van der Waals surface area contributed by atoms with Gasteiger partial charge in [0.25, 0.3) is 0 Å². The first-order valence-corrected chi connectivity index (χ1v) is 9.98. The van der Waals surface area contributed by atoms with Crippen LogP contribution >= 0.6 is 0 Å². The second-order valence-corrected chi connectivity index (χ2v) is 6.92. The van der Waals surface area contributed by atoms with Gasteiger partial charge in [0.05, 0.1) is 30.5 Å². The van der Waals surface area contributed by atoms with Gasteiger partial charge in [0.2, 0.25) is 0 Å². The lowest BCUT2D eigenvalue weighted by atomic mass is 10.0. The van der Waals surface area contributed by atoms with Gasteiger partial charge in [-0.2, -0.15) is 0 Å². The summed E-state index contributed by atoms with van der Waals surface area (Å²) in [5.41, 5.74) is 0. The first kappa shape index (κ1) is 24.3. The van der Waals surface area contributed by atoms with Crippen molar-refractivity contribution in [3.63, 3.8) is 0 Å². The summed E-state index contributed by atoms with van der Waals surface area (Å²) < 4.78 is 5.75. The van der Waals surface area contributed by atoms with Crippen LogP contribution in [-0.2, 0) is 9.53 Å². The number of hydrogen-bond donors (Lipinski definition) is 4. The molecule has 0 aliphatic carbocycles. The van der Waals surface area contributed by atoms with E-state index in [0.717, 1.165) is 12.8 Å². The van der Waals surface area contributed by atoms with Crippen LogP contribution in [0.5, 0.6) is 0 Å². The predicted octanol–water partition coefficient (Wildman–Crippen LogP) is 2.90. The fraction of sp³-hybridized carbons (Fsp3) is 0.591. The van der Waals surface area contributed by atoms with Gasteiger partial charge in [-0.05, 0) is 32.1 Å². The fourth-order valence-electron chi connectivity index (χ4n) is 2.79. The summed E-state index contributed by atoms with van der Waals surface area (Å²) in [6, 6.07) is 0. The van der Waals surface area contributed by atoms with Gasteiger partial charge in [-0.15, -0.1) is 0 Å². The molecule has 0 unspecified atom stereocenters. The molecular formula is C22H34O6. The highest BCUT2D eigenvalue weighted by Gasteiger charge is 2.36. The molecule has 0 radical (unpaired) electrons. The minimum atomic E-state index is -0.837. The average Bonchev–Trinajstić information content (AvgIpc) is 3.04. The normalized spacial score (nSPS) is 25.5. The molecule has 28 heavy (non-hydrogen) atoms. The van der Waals surface area contributed by atoms with Gasteiger partial charge in [0, 0.05) is 12.8 Å². The largest absolute Gasteiger partial charge is 0.481 e. The van der Waals surface area contributed by atoms with E-state index in [1.54, 1.807) is 6.08 Å². The van der Waals surface area contributed by atoms with Crippen LogP contribution in [-0.4, -0.2) is 56.9 Å². The minimum absolute atomic E-state index is 0.160. The van der Waals surface area contributed by atoms with Gasteiger partial charge < -0.3 is 25.2 Å². The second kappa shape index (κ2) is 14.3. The molecule has 6 nitrogen and oxygen atoms in total. The SMILES string of the molecule is CC[C@H](O)/C=C/[C@@H](O)[C@H]1C[C@@H](O)[C@@H](C/C=C\C/C=C\C/C=C\CCC(=O)O)O1. The number of aliphatic hydroxyl groups is 3. The zero-order valence-electron chi connectivity index (χ0n) is 16.6. The van der Waals surface area contributed by atoms with Crippen LogP contribution in [0.2, 0.25) is 0 Å². The van der Waals surface area contributed by atoms with Crippen molar-refractivity contribution in [1.82, 2.24) is 0 Å². The Kier molecular flexibility index (Phi) is 12.4. The van der Waals surface area contributed by atoms with Crippen LogP contribution in [0, 0.1) is 0 Å². The quantitative estimate of drug-likeness (QED) is 0.358. The third kappa shape index (κ3) is 10.6. The summed E-state index contributed by atoms with van der Waals surface area (Å²) in [6.07, 6.45) is 15.9. The average molecular weight is 395 g/mol. The molecule has 1 saturated heterocycles. The van der Waals surface area contributed by atoms with Crippen molar-refractivity contribution < 1.29 is 30.0 Å². The van der Waals surface area contributed by atoms with Crippen molar-refractivity contribution in [2.75, 3.05) is 0 Å². The molecule has 4 N–H and O–H groups in total. The topological polar surface area (TPSA) is 107 Å². The number of carbonyl (C=O) groups is 1. The van der Waals surface area contributed by atoms with Crippen LogP contribution in [0.25, 0.3) is 0 Å². The van der Waals surface area contributed by atoms with Crippen molar-refractivity contribution >= 4 is 5.97 Å². The molecule has 0 aromatic heterocycles. The van der Waals surface area contributed by atoms with Gasteiger partial charge in [0.1, 0.15) is 0 Å². The van der Waals surface area contributed by atoms with Crippen molar-refractivity contribution in [2.45, 2.75) is 82.4 Å². The van der Waals surface area contributed by atoms with Crippen LogP contribution in [0.15, 0.2) is 48.6 Å². The van der Waals surface area contributed by atoms with E-state index in [1.165, 1.54) is 6.08 Å². The van der Waals surface area contributed by atoms with Crippen molar-refractivity contribution in [1.29, 1.82) is 0 Å². The van der Waals surface area contributed by atoms with Gasteiger partial charge in [-0.3, -0.25) is 4.79 Å². The van der Waals surface area contributed by atoms with Crippen LogP contribution in [0.1, 0.15) is 51.9 Å². The Morgan fingerprint density at radius 2 is 1.71 bits per heavy atom. The minimum Gasteiger partial charge on any atom is -0.481 e. The second-order valence-electron chi connectivity index (χ2n) is 6.92. The molecule has 0 spiro atoms. The Bertz CT molecular complexity index is 551. The van der Waals surface area contributed by atoms with E-state index in [4.69, 9.17) is 9.84 Å². The maximum Gasteiger partial charge on any atom is 0.303 e. The molecule has 5 atom stereocenters. The number of aliphatic carboxylic acids is 1. The molecule has 1 fully saturated rings. The van der Waals surface area contributed by atoms with E-state index in [1.807, 2.05) is 43.4 Å². The maximum atomic E-state index is 10.4. The Morgan fingerprint density at radius 3 is 2.36 bits per heavy atom. The lowest BCUT2D eigenvalue weighted by Crippen LogP contribution is -2.24. The predicted molar refractivity (Wildman–Crippen MR) is 109 cm³/mol. The summed E-state index contributed by atoms with van der Waals surface area (Å²) in [5, 5.41) is 38.2. The molecule has 0 aromatic carbocycles. The van der Waals surface area contributed by atoms with Gasteiger partial charge in [-0.1, -0.05) is 55.5 Å². The molecule has 6 heteroatoms. The van der Waals surface area contributed by atoms with E-state index < -0.39 is 30.4 Å². The first-order valence-electron chi connectivity index (χ1n) is 9.98. The monoisotopic (exact) mass is 394 g/mol. The van der Waals surface area contributed by atoms with E-state index in [2.05, 4.69) is 0 Å². The number of hydrogen-bond acceptors (Lipinski definition) is 5. The van der Waals surface area contributed by atoms with E-state index >= 15 is 0 Å². The Balaban J connectivity index is 2.23. The Labute approximate surface area is 167 Å². The van der Waals surface area contributed by atoms with Crippen LogP contribution in [0.3, 0.4) is 0 Å². The molecule has 1 aliphatic heterocycles. The number of carboxylic acids is 1. The molecule has 1 rings (SSSR count). The third-order valence-corrected chi connectivity index (χ3v) is 4.52. The maximum absolute atomic E-state index is 10.4. The number of carboxylic acid groups (broad SMARTS) is 1. The molecule has 1 heterocycles.